The van der Waals surface area contributed by atoms with Crippen molar-refractivity contribution in [1.29, 1.82) is 0 Å². The molecule has 2 unspecified atom stereocenters. The maximum absolute atomic E-state index is 12.2. The summed E-state index contributed by atoms with van der Waals surface area (Å²) >= 11 is 0. The van der Waals surface area contributed by atoms with Gasteiger partial charge in [0.05, 0.1) is 7.11 Å². The lowest BCUT2D eigenvalue weighted by Gasteiger charge is -2.41. The number of methoxy groups -OCH3 is 1. The number of piperidine rings is 2. The second kappa shape index (κ2) is 6.71. The number of nitrogens with zero attached hydrogens (tertiary/aromatic N) is 1. The number of hydrogen-bond donors (Lipinski definition) is 1. The molecule has 0 saturated carbocycles. The number of hydrogen-bond acceptors (Lipinski definition) is 4. The van der Waals surface area contributed by atoms with E-state index in [1.165, 1.54) is 32.9 Å². The molecule has 0 radical (unpaired) electrons. The standard InChI is InChI=1S/C15H28N2O2/c1-3-17-10-6-7-13(12-17)11-15(14(18)19-2)8-4-5-9-16-15/h13,16H,3-12H2,1-2H3. The molecule has 2 saturated heterocycles. The molecule has 4 nitrogen and oxygen atoms in total. The smallest absolute Gasteiger partial charge is 0.326 e. The second-order valence-electron chi connectivity index (χ2n) is 6.06. The number of ether oxygens (including phenoxy) is 1. The van der Waals surface area contributed by atoms with Gasteiger partial charge in [-0.1, -0.05) is 6.92 Å². The van der Waals surface area contributed by atoms with Gasteiger partial charge in [0.15, 0.2) is 0 Å². The minimum Gasteiger partial charge on any atom is -0.468 e. The number of carbonyl (C=O) groups excluding carboxylic acids is 1. The maximum Gasteiger partial charge on any atom is 0.326 e. The van der Waals surface area contributed by atoms with Crippen LogP contribution in [0.5, 0.6) is 0 Å². The number of likely N-dealkylation sites (tertiary alicyclic amines) is 1. The van der Waals surface area contributed by atoms with Crippen LogP contribution in [0.1, 0.15) is 45.4 Å². The summed E-state index contributed by atoms with van der Waals surface area (Å²) in [5, 5.41) is 3.47. The van der Waals surface area contributed by atoms with Crippen LogP contribution in [0.4, 0.5) is 0 Å². The summed E-state index contributed by atoms with van der Waals surface area (Å²) in [5.41, 5.74) is -0.408. The topological polar surface area (TPSA) is 41.6 Å². The summed E-state index contributed by atoms with van der Waals surface area (Å²) in [6.45, 7) is 6.63. The van der Waals surface area contributed by atoms with Gasteiger partial charge >= 0.3 is 5.97 Å². The van der Waals surface area contributed by atoms with Crippen LogP contribution in [0.3, 0.4) is 0 Å². The van der Waals surface area contributed by atoms with E-state index in [1.54, 1.807) is 0 Å². The average molecular weight is 268 g/mol. The third kappa shape index (κ3) is 3.48. The molecule has 19 heavy (non-hydrogen) atoms. The zero-order valence-corrected chi connectivity index (χ0v) is 12.4. The molecule has 2 heterocycles. The fourth-order valence-corrected chi connectivity index (χ4v) is 3.69. The van der Waals surface area contributed by atoms with Crippen molar-refractivity contribution in [3.05, 3.63) is 0 Å². The van der Waals surface area contributed by atoms with E-state index in [-0.39, 0.29) is 5.97 Å². The Morgan fingerprint density at radius 2 is 2.26 bits per heavy atom. The molecule has 0 bridgehead atoms. The Balaban J connectivity index is 2.01. The van der Waals surface area contributed by atoms with E-state index >= 15 is 0 Å². The van der Waals surface area contributed by atoms with Gasteiger partial charge in [0.1, 0.15) is 5.54 Å². The molecule has 0 aliphatic carbocycles. The molecular formula is C15H28N2O2. The van der Waals surface area contributed by atoms with Gasteiger partial charge in [0.25, 0.3) is 0 Å². The predicted molar refractivity (Wildman–Crippen MR) is 76.1 cm³/mol. The summed E-state index contributed by atoms with van der Waals surface area (Å²) < 4.78 is 5.07. The first-order valence-electron chi connectivity index (χ1n) is 7.76. The molecule has 0 spiro atoms. The van der Waals surface area contributed by atoms with Crippen molar-refractivity contribution in [3.63, 3.8) is 0 Å². The summed E-state index contributed by atoms with van der Waals surface area (Å²) in [7, 11) is 1.51. The monoisotopic (exact) mass is 268 g/mol. The summed E-state index contributed by atoms with van der Waals surface area (Å²) in [5.74, 6) is 0.569. The van der Waals surface area contributed by atoms with Crippen LogP contribution < -0.4 is 5.32 Å². The van der Waals surface area contributed by atoms with Crippen molar-refractivity contribution < 1.29 is 9.53 Å². The van der Waals surface area contributed by atoms with Gasteiger partial charge < -0.3 is 15.0 Å². The van der Waals surface area contributed by atoms with Gasteiger partial charge in [-0.2, -0.15) is 0 Å². The first-order valence-corrected chi connectivity index (χ1v) is 7.76. The van der Waals surface area contributed by atoms with Crippen LogP contribution in [0.2, 0.25) is 0 Å². The lowest BCUT2D eigenvalue weighted by atomic mass is 9.78. The fourth-order valence-electron chi connectivity index (χ4n) is 3.69. The summed E-state index contributed by atoms with van der Waals surface area (Å²) in [6.07, 6.45) is 6.68. The van der Waals surface area contributed by atoms with Crippen molar-refractivity contribution in [2.75, 3.05) is 33.3 Å². The number of rotatable bonds is 4. The van der Waals surface area contributed by atoms with Crippen LogP contribution in [0.15, 0.2) is 0 Å². The van der Waals surface area contributed by atoms with Gasteiger partial charge in [-0.3, -0.25) is 4.79 Å². The third-order valence-corrected chi connectivity index (χ3v) is 4.76. The SMILES string of the molecule is CCN1CCCC(CC2(C(=O)OC)CCCCN2)C1. The first-order chi connectivity index (χ1) is 9.20. The molecule has 2 rings (SSSR count). The first kappa shape index (κ1) is 14.8. The molecule has 0 aromatic rings. The molecule has 4 heteroatoms. The lowest BCUT2D eigenvalue weighted by molar-refractivity contribution is -0.151. The molecule has 2 aliphatic rings. The zero-order chi connectivity index (χ0) is 13.7. The number of esters is 1. The van der Waals surface area contributed by atoms with E-state index < -0.39 is 5.54 Å². The predicted octanol–water partition coefficient (Wildman–Crippen LogP) is 1.79. The third-order valence-electron chi connectivity index (χ3n) is 4.76. The lowest BCUT2D eigenvalue weighted by Crippen LogP contribution is -2.57. The molecule has 2 fully saturated rings. The highest BCUT2D eigenvalue weighted by molar-refractivity contribution is 5.80. The zero-order valence-electron chi connectivity index (χ0n) is 12.4. The fraction of sp³-hybridized carbons (Fsp3) is 0.933. The van der Waals surface area contributed by atoms with Crippen LogP contribution in [0.25, 0.3) is 0 Å². The molecule has 0 aromatic carbocycles. The van der Waals surface area contributed by atoms with E-state index in [1.807, 2.05) is 0 Å². The van der Waals surface area contributed by atoms with Crippen molar-refractivity contribution in [2.24, 2.45) is 5.92 Å². The molecule has 0 aromatic heterocycles. The Morgan fingerprint density at radius 3 is 2.89 bits per heavy atom. The summed E-state index contributed by atoms with van der Waals surface area (Å²) in [4.78, 5) is 14.7. The van der Waals surface area contributed by atoms with Crippen molar-refractivity contribution in [3.8, 4) is 0 Å². The largest absolute Gasteiger partial charge is 0.468 e. The van der Waals surface area contributed by atoms with E-state index in [9.17, 15) is 4.79 Å². The van der Waals surface area contributed by atoms with Gasteiger partial charge in [0.2, 0.25) is 0 Å². The number of carbonyl (C=O) groups is 1. The van der Waals surface area contributed by atoms with Gasteiger partial charge in [0, 0.05) is 6.54 Å². The maximum atomic E-state index is 12.2. The van der Waals surface area contributed by atoms with Crippen LogP contribution in [-0.4, -0.2) is 49.7 Å². The molecule has 2 atom stereocenters. The summed E-state index contributed by atoms with van der Waals surface area (Å²) in [6, 6.07) is 0. The normalized spacial score (nSPS) is 33.1. The Kier molecular flexibility index (Phi) is 5.22. The molecule has 110 valence electrons. The Bertz CT molecular complexity index is 301. The number of nitrogens with one attached hydrogen (secondary N) is 1. The average Bonchev–Trinajstić information content (AvgIpc) is 2.47. The second-order valence-corrected chi connectivity index (χ2v) is 6.06. The molecule has 1 N–H and O–H groups in total. The van der Waals surface area contributed by atoms with Crippen molar-refractivity contribution in [1.82, 2.24) is 10.2 Å². The van der Waals surface area contributed by atoms with Gasteiger partial charge in [-0.15, -0.1) is 0 Å². The molecular weight excluding hydrogens is 240 g/mol. The van der Waals surface area contributed by atoms with E-state index in [0.29, 0.717) is 5.92 Å². The highest BCUT2D eigenvalue weighted by atomic mass is 16.5. The Morgan fingerprint density at radius 1 is 1.42 bits per heavy atom. The van der Waals surface area contributed by atoms with Crippen LogP contribution in [0, 0.1) is 5.92 Å². The Labute approximate surface area is 116 Å². The van der Waals surface area contributed by atoms with Gasteiger partial charge in [-0.05, 0) is 64.1 Å². The minimum absolute atomic E-state index is 0.0548. The van der Waals surface area contributed by atoms with E-state index in [4.69, 9.17) is 4.74 Å². The van der Waals surface area contributed by atoms with Gasteiger partial charge in [-0.25, -0.2) is 0 Å². The van der Waals surface area contributed by atoms with E-state index in [2.05, 4.69) is 17.1 Å². The van der Waals surface area contributed by atoms with Crippen LogP contribution >= 0.6 is 0 Å². The highest BCUT2D eigenvalue weighted by Gasteiger charge is 2.42. The van der Waals surface area contributed by atoms with Crippen molar-refractivity contribution in [2.45, 2.75) is 51.0 Å². The highest BCUT2D eigenvalue weighted by Crippen LogP contribution is 2.31. The van der Waals surface area contributed by atoms with Crippen molar-refractivity contribution >= 4 is 5.97 Å². The quantitative estimate of drug-likeness (QED) is 0.789. The van der Waals surface area contributed by atoms with Crippen LogP contribution in [-0.2, 0) is 9.53 Å². The molecule has 2 aliphatic heterocycles. The van der Waals surface area contributed by atoms with E-state index in [0.717, 1.165) is 38.9 Å². The Hall–Kier alpha value is -0.610. The minimum atomic E-state index is -0.408. The molecule has 0 amide bonds.